The molecule has 0 aliphatic carbocycles. The number of para-hydroxylation sites is 2. The van der Waals surface area contributed by atoms with E-state index >= 15 is 0 Å². The van der Waals surface area contributed by atoms with Crippen LogP contribution in [0.25, 0.3) is 0 Å². The van der Waals surface area contributed by atoms with Gasteiger partial charge < -0.3 is 14.4 Å². The Kier molecular flexibility index (Phi) is 6.87. The molecule has 3 rings (SSSR count). The van der Waals surface area contributed by atoms with Crippen LogP contribution < -0.4 is 9.64 Å². The second kappa shape index (κ2) is 9.75. The largest absolute Gasteiger partial charge is 0.488 e. The minimum absolute atomic E-state index is 0.261. The summed E-state index contributed by atoms with van der Waals surface area (Å²) in [6, 6.07) is 23.1. The number of carbonyl (C=O) groups excluding carboxylic acids is 2. The van der Waals surface area contributed by atoms with Crippen molar-refractivity contribution in [3.8, 4) is 5.75 Å². The van der Waals surface area contributed by atoms with E-state index in [0.29, 0.717) is 10.8 Å². The van der Waals surface area contributed by atoms with Crippen molar-refractivity contribution in [1.82, 2.24) is 0 Å². The number of hydrogen-bond acceptors (Lipinski definition) is 4. The number of hydrogen-bond donors (Lipinski definition) is 0. The minimum Gasteiger partial charge on any atom is -0.488 e. The van der Waals surface area contributed by atoms with Crippen molar-refractivity contribution in [3.05, 3.63) is 95.0 Å². The minimum atomic E-state index is -0.619. The number of carbonyl (C=O) groups is 2. The highest BCUT2D eigenvalue weighted by atomic mass is 35.5. The van der Waals surface area contributed by atoms with Gasteiger partial charge in [-0.1, -0.05) is 54.1 Å². The lowest BCUT2D eigenvalue weighted by molar-refractivity contribution is -0.121. The molecular weight excluding hydrogens is 390 g/mol. The van der Waals surface area contributed by atoms with Crippen molar-refractivity contribution in [1.29, 1.82) is 0 Å². The maximum absolute atomic E-state index is 12.5. The summed E-state index contributed by atoms with van der Waals surface area (Å²) in [5, 5.41) is 0.642. The zero-order valence-corrected chi connectivity index (χ0v) is 16.6. The summed E-state index contributed by atoms with van der Waals surface area (Å²) >= 11 is 5.88. The smallest absolute Gasteiger partial charge is 0.342 e. The number of amides is 1. The molecule has 148 valence electrons. The summed E-state index contributed by atoms with van der Waals surface area (Å²) < 4.78 is 11.0. The number of anilines is 1. The fourth-order valence-electron chi connectivity index (χ4n) is 2.60. The maximum Gasteiger partial charge on any atom is 0.342 e. The van der Waals surface area contributed by atoms with Crippen LogP contribution in [0.2, 0.25) is 5.02 Å². The second-order valence-corrected chi connectivity index (χ2v) is 6.71. The Labute approximate surface area is 174 Å². The summed E-state index contributed by atoms with van der Waals surface area (Å²) in [7, 11) is 1.63. The van der Waals surface area contributed by atoms with E-state index in [4.69, 9.17) is 21.1 Å². The molecule has 0 saturated carbocycles. The molecule has 1 amide bonds. The van der Waals surface area contributed by atoms with Crippen molar-refractivity contribution in [2.45, 2.75) is 6.61 Å². The van der Waals surface area contributed by atoms with Gasteiger partial charge in [-0.15, -0.1) is 0 Å². The highest BCUT2D eigenvalue weighted by Crippen LogP contribution is 2.21. The molecule has 0 bridgehead atoms. The van der Waals surface area contributed by atoms with Gasteiger partial charge >= 0.3 is 5.97 Å². The zero-order valence-electron chi connectivity index (χ0n) is 15.9. The molecule has 6 heteroatoms. The number of likely N-dealkylation sites (N-methyl/N-ethyl adjacent to an activating group) is 1. The van der Waals surface area contributed by atoms with Gasteiger partial charge in [0.25, 0.3) is 5.91 Å². The number of benzene rings is 3. The molecule has 0 aromatic heterocycles. The first kappa shape index (κ1) is 20.4. The van der Waals surface area contributed by atoms with Crippen molar-refractivity contribution < 1.29 is 19.1 Å². The Bertz CT molecular complexity index is 974. The molecule has 0 atom stereocenters. The van der Waals surface area contributed by atoms with Crippen molar-refractivity contribution in [2.75, 3.05) is 18.6 Å². The van der Waals surface area contributed by atoms with Gasteiger partial charge in [0.05, 0.1) is 0 Å². The van der Waals surface area contributed by atoms with Crippen LogP contribution in [-0.2, 0) is 16.1 Å². The summed E-state index contributed by atoms with van der Waals surface area (Å²) in [6.45, 7) is -0.0904. The molecule has 0 spiro atoms. The molecule has 0 unspecified atom stereocenters. The quantitative estimate of drug-likeness (QED) is 0.529. The molecule has 0 saturated heterocycles. The maximum atomic E-state index is 12.5. The Balaban J connectivity index is 1.60. The third kappa shape index (κ3) is 5.59. The highest BCUT2D eigenvalue weighted by molar-refractivity contribution is 6.30. The first-order chi connectivity index (χ1) is 14.0. The van der Waals surface area contributed by atoms with Crippen LogP contribution in [0.5, 0.6) is 5.75 Å². The predicted octanol–water partition coefficient (Wildman–Crippen LogP) is 4.74. The van der Waals surface area contributed by atoms with Gasteiger partial charge in [0, 0.05) is 17.8 Å². The molecule has 5 nitrogen and oxygen atoms in total. The van der Waals surface area contributed by atoms with E-state index in [-0.39, 0.29) is 24.7 Å². The van der Waals surface area contributed by atoms with Crippen LogP contribution >= 0.6 is 11.6 Å². The molecular formula is C23H20ClNO4. The van der Waals surface area contributed by atoms with E-state index in [9.17, 15) is 9.59 Å². The van der Waals surface area contributed by atoms with Crippen molar-refractivity contribution in [2.24, 2.45) is 0 Å². The number of esters is 1. The van der Waals surface area contributed by atoms with E-state index in [1.807, 2.05) is 30.3 Å². The van der Waals surface area contributed by atoms with Gasteiger partial charge in [0.15, 0.2) is 6.61 Å². The molecule has 0 heterocycles. The van der Waals surface area contributed by atoms with Crippen molar-refractivity contribution in [3.63, 3.8) is 0 Å². The van der Waals surface area contributed by atoms with Gasteiger partial charge in [-0.2, -0.15) is 0 Å². The van der Waals surface area contributed by atoms with E-state index in [1.165, 1.54) is 4.90 Å². The lowest BCUT2D eigenvalue weighted by Crippen LogP contribution is -2.31. The Morgan fingerprint density at radius 1 is 0.897 bits per heavy atom. The van der Waals surface area contributed by atoms with Gasteiger partial charge in [-0.05, 0) is 42.0 Å². The van der Waals surface area contributed by atoms with Crippen LogP contribution in [-0.4, -0.2) is 25.5 Å². The Morgan fingerprint density at radius 2 is 1.55 bits per heavy atom. The number of halogens is 1. The summed E-state index contributed by atoms with van der Waals surface area (Å²) in [6.07, 6.45) is 0. The first-order valence-corrected chi connectivity index (χ1v) is 9.37. The van der Waals surface area contributed by atoms with Crippen LogP contribution in [0.4, 0.5) is 5.69 Å². The molecule has 0 radical (unpaired) electrons. The van der Waals surface area contributed by atoms with E-state index in [2.05, 4.69) is 0 Å². The van der Waals surface area contributed by atoms with Gasteiger partial charge in [0.2, 0.25) is 0 Å². The predicted molar refractivity (Wildman–Crippen MR) is 112 cm³/mol. The topological polar surface area (TPSA) is 55.8 Å². The Hall–Kier alpha value is -3.31. The molecule has 3 aromatic rings. The van der Waals surface area contributed by atoms with Gasteiger partial charge in [-0.3, -0.25) is 4.79 Å². The molecule has 0 fully saturated rings. The lowest BCUT2D eigenvalue weighted by Gasteiger charge is -2.17. The van der Waals surface area contributed by atoms with E-state index in [0.717, 1.165) is 11.3 Å². The second-order valence-electron chi connectivity index (χ2n) is 6.28. The standard InChI is InChI=1S/C23H20ClNO4/c1-25(19-7-3-2-4-8-19)22(26)16-29-23(27)20-9-5-6-10-21(20)28-15-17-11-13-18(24)14-12-17/h2-14H,15-16H2,1H3. The molecule has 3 aromatic carbocycles. The van der Waals surface area contributed by atoms with E-state index in [1.54, 1.807) is 55.6 Å². The summed E-state index contributed by atoms with van der Waals surface area (Å²) in [5.74, 6) is -0.563. The molecule has 0 N–H and O–H groups in total. The van der Waals surface area contributed by atoms with Gasteiger partial charge in [0.1, 0.15) is 17.9 Å². The molecule has 0 aliphatic rings. The fraction of sp³-hybridized carbons (Fsp3) is 0.130. The molecule has 29 heavy (non-hydrogen) atoms. The van der Waals surface area contributed by atoms with Gasteiger partial charge in [-0.25, -0.2) is 4.79 Å². The number of ether oxygens (including phenoxy) is 2. The summed E-state index contributed by atoms with van der Waals surface area (Å²) in [5.41, 5.74) is 1.90. The van der Waals surface area contributed by atoms with Crippen LogP contribution in [0.15, 0.2) is 78.9 Å². The van der Waals surface area contributed by atoms with Crippen LogP contribution in [0.1, 0.15) is 15.9 Å². The van der Waals surface area contributed by atoms with Crippen LogP contribution in [0, 0.1) is 0 Å². The third-order valence-electron chi connectivity index (χ3n) is 4.26. The lowest BCUT2D eigenvalue weighted by atomic mass is 10.2. The summed E-state index contributed by atoms with van der Waals surface area (Å²) in [4.78, 5) is 26.2. The fourth-order valence-corrected chi connectivity index (χ4v) is 2.73. The number of rotatable bonds is 7. The molecule has 0 aliphatic heterocycles. The normalized spacial score (nSPS) is 10.3. The highest BCUT2D eigenvalue weighted by Gasteiger charge is 2.17. The third-order valence-corrected chi connectivity index (χ3v) is 4.51. The first-order valence-electron chi connectivity index (χ1n) is 8.99. The average molecular weight is 410 g/mol. The number of nitrogens with zero attached hydrogens (tertiary/aromatic N) is 1. The Morgan fingerprint density at radius 3 is 2.28 bits per heavy atom. The monoisotopic (exact) mass is 409 g/mol. The SMILES string of the molecule is CN(C(=O)COC(=O)c1ccccc1OCc1ccc(Cl)cc1)c1ccccc1. The van der Waals surface area contributed by atoms with Crippen LogP contribution in [0.3, 0.4) is 0 Å². The van der Waals surface area contributed by atoms with E-state index < -0.39 is 5.97 Å². The van der Waals surface area contributed by atoms with Crippen molar-refractivity contribution >= 4 is 29.2 Å². The zero-order chi connectivity index (χ0) is 20.6. The average Bonchev–Trinajstić information content (AvgIpc) is 2.77.